The molecule has 0 aliphatic carbocycles. The van der Waals surface area contributed by atoms with Gasteiger partial charge in [0, 0.05) is 65.6 Å². The van der Waals surface area contributed by atoms with Crippen molar-refractivity contribution in [2.75, 3.05) is 0 Å². The summed E-state index contributed by atoms with van der Waals surface area (Å²) in [6, 6.07) is 61.6. The van der Waals surface area contributed by atoms with E-state index in [1.165, 1.54) is 31.3 Å². The number of aromatic nitrogens is 3. The van der Waals surface area contributed by atoms with Crippen LogP contribution in [-0.4, -0.2) is 15.0 Å². The van der Waals surface area contributed by atoms with Gasteiger partial charge in [-0.25, -0.2) is 9.97 Å². The highest BCUT2D eigenvalue weighted by Crippen LogP contribution is 2.46. The van der Waals surface area contributed by atoms with Gasteiger partial charge in [0.1, 0.15) is 11.2 Å². The number of furan rings is 1. The Kier molecular flexibility index (Phi) is 7.64. The number of nitrogens with zero attached hydrogens (tertiary/aromatic N) is 3. The predicted octanol–water partition coefficient (Wildman–Crippen LogP) is 14.1. The van der Waals surface area contributed by atoms with Crippen molar-refractivity contribution in [1.82, 2.24) is 15.0 Å². The summed E-state index contributed by atoms with van der Waals surface area (Å²) in [5, 5.41) is 4.81. The van der Waals surface area contributed by atoms with Crippen LogP contribution in [-0.2, 0) is 0 Å². The minimum Gasteiger partial charge on any atom is -0.455 e. The van der Waals surface area contributed by atoms with Gasteiger partial charge in [-0.05, 0) is 70.3 Å². The van der Waals surface area contributed by atoms with Gasteiger partial charge in [-0.2, -0.15) is 0 Å². The third-order valence-electron chi connectivity index (χ3n) is 10.7. The summed E-state index contributed by atoms with van der Waals surface area (Å²) < 4.78 is 9.33. The highest BCUT2D eigenvalue weighted by Gasteiger charge is 2.20. The van der Waals surface area contributed by atoms with Gasteiger partial charge in [0.2, 0.25) is 0 Å². The summed E-state index contributed by atoms with van der Waals surface area (Å²) in [5.41, 5.74) is 13.2. The molecule has 0 saturated carbocycles. The van der Waals surface area contributed by atoms with Gasteiger partial charge in [-0.3, -0.25) is 4.98 Å². The van der Waals surface area contributed by atoms with E-state index in [1.54, 1.807) is 0 Å². The van der Waals surface area contributed by atoms with E-state index in [2.05, 4.69) is 145 Å². The zero-order valence-electron chi connectivity index (χ0n) is 30.1. The fourth-order valence-corrected chi connectivity index (χ4v) is 9.17. The van der Waals surface area contributed by atoms with Crippen LogP contribution < -0.4 is 0 Å². The maximum atomic E-state index is 6.75. The molecule has 0 N–H and O–H groups in total. The number of hydrogen-bond donors (Lipinski definition) is 0. The lowest BCUT2D eigenvalue weighted by atomic mass is 9.92. The van der Waals surface area contributed by atoms with Crippen LogP contribution in [0.15, 0.2) is 193 Å². The maximum Gasteiger partial charge on any atom is 0.160 e. The predicted molar refractivity (Wildman–Crippen MR) is 233 cm³/mol. The van der Waals surface area contributed by atoms with Gasteiger partial charge >= 0.3 is 0 Å². The molecule has 4 heterocycles. The second-order valence-electron chi connectivity index (χ2n) is 13.9. The highest BCUT2D eigenvalue weighted by atomic mass is 32.1. The largest absolute Gasteiger partial charge is 0.455 e. The Balaban J connectivity index is 1.05. The smallest absolute Gasteiger partial charge is 0.160 e. The number of hydrogen-bond acceptors (Lipinski definition) is 5. The Morgan fingerprint density at radius 3 is 1.88 bits per heavy atom. The Morgan fingerprint density at radius 2 is 1.02 bits per heavy atom. The Labute approximate surface area is 327 Å². The summed E-state index contributed by atoms with van der Waals surface area (Å²) in [5.74, 6) is 0.665. The molecule has 11 aromatic rings. The van der Waals surface area contributed by atoms with Crippen LogP contribution in [0.5, 0.6) is 0 Å². The van der Waals surface area contributed by atoms with Gasteiger partial charge < -0.3 is 4.42 Å². The minimum atomic E-state index is 0.665. The standard InChI is InChI=1S/C51H31N3OS/c1-2-11-34(12-3-1)43-31-44(38-14-5-4-13-36(38)33-27-29-52-30-28-33)54-51(53-43)35-23-21-32(22-24-35)37-25-26-40(49-41-15-6-8-18-45(41)55-50(37)49)39-17-10-20-47-48(39)42-16-7-9-19-46(42)56-47/h1-31H. The van der Waals surface area contributed by atoms with Gasteiger partial charge in [0.05, 0.1) is 11.4 Å². The topological polar surface area (TPSA) is 51.8 Å². The molecule has 56 heavy (non-hydrogen) atoms. The van der Waals surface area contributed by atoms with Gasteiger partial charge in [-0.15, -0.1) is 11.3 Å². The molecule has 11 rings (SSSR count). The molecule has 0 radical (unpaired) electrons. The fraction of sp³-hybridized carbons (Fsp3) is 0. The first-order chi connectivity index (χ1) is 27.8. The third kappa shape index (κ3) is 5.40. The van der Waals surface area contributed by atoms with E-state index in [4.69, 9.17) is 14.4 Å². The van der Waals surface area contributed by atoms with Crippen LogP contribution in [0.25, 0.3) is 109 Å². The van der Waals surface area contributed by atoms with Gasteiger partial charge in [-0.1, -0.05) is 133 Å². The lowest BCUT2D eigenvalue weighted by molar-refractivity contribution is 0.670. The Bertz CT molecular complexity index is 3240. The molecule has 262 valence electrons. The van der Waals surface area contributed by atoms with E-state index in [1.807, 2.05) is 60.1 Å². The van der Waals surface area contributed by atoms with Crippen LogP contribution in [0.2, 0.25) is 0 Å². The average Bonchev–Trinajstić information content (AvgIpc) is 3.86. The van der Waals surface area contributed by atoms with Crippen LogP contribution in [0, 0.1) is 0 Å². The highest BCUT2D eigenvalue weighted by molar-refractivity contribution is 7.25. The summed E-state index contributed by atoms with van der Waals surface area (Å²) >= 11 is 1.84. The zero-order chi connectivity index (χ0) is 37.0. The molecule has 0 bridgehead atoms. The van der Waals surface area contributed by atoms with Crippen LogP contribution in [0.4, 0.5) is 0 Å². The number of rotatable bonds is 6. The van der Waals surface area contributed by atoms with Crippen molar-refractivity contribution in [3.8, 4) is 67.3 Å². The lowest BCUT2D eigenvalue weighted by Crippen LogP contribution is -1.97. The molecule has 0 saturated heterocycles. The molecular weight excluding hydrogens is 703 g/mol. The van der Waals surface area contributed by atoms with E-state index >= 15 is 0 Å². The number of para-hydroxylation sites is 1. The molecule has 0 spiro atoms. The summed E-state index contributed by atoms with van der Waals surface area (Å²) in [6.07, 6.45) is 3.65. The van der Waals surface area contributed by atoms with Crippen molar-refractivity contribution in [3.05, 3.63) is 188 Å². The monoisotopic (exact) mass is 733 g/mol. The molecule has 0 aliphatic rings. The second kappa shape index (κ2) is 13.3. The van der Waals surface area contributed by atoms with Crippen molar-refractivity contribution < 1.29 is 4.42 Å². The van der Waals surface area contributed by atoms with Crippen LogP contribution in [0.3, 0.4) is 0 Å². The molecule has 0 atom stereocenters. The summed E-state index contributed by atoms with van der Waals surface area (Å²) in [6.45, 7) is 0. The molecule has 4 nitrogen and oxygen atoms in total. The Hall–Kier alpha value is -7.21. The minimum absolute atomic E-state index is 0.665. The van der Waals surface area contributed by atoms with Crippen molar-refractivity contribution in [2.45, 2.75) is 0 Å². The van der Waals surface area contributed by atoms with E-state index in [-0.39, 0.29) is 0 Å². The van der Waals surface area contributed by atoms with Crippen molar-refractivity contribution in [2.24, 2.45) is 0 Å². The maximum absolute atomic E-state index is 6.75. The molecule has 7 aromatic carbocycles. The molecule has 0 amide bonds. The third-order valence-corrected chi connectivity index (χ3v) is 11.8. The van der Waals surface area contributed by atoms with E-state index in [0.717, 1.165) is 72.3 Å². The first kappa shape index (κ1) is 32.2. The van der Waals surface area contributed by atoms with Crippen LogP contribution >= 0.6 is 11.3 Å². The number of fused-ring (bicyclic) bond motifs is 6. The Morgan fingerprint density at radius 1 is 0.393 bits per heavy atom. The second-order valence-corrected chi connectivity index (χ2v) is 15.0. The lowest BCUT2D eigenvalue weighted by Gasteiger charge is -2.13. The molecular formula is C51H31N3OS. The van der Waals surface area contributed by atoms with Crippen molar-refractivity contribution in [1.29, 1.82) is 0 Å². The summed E-state index contributed by atoms with van der Waals surface area (Å²) in [4.78, 5) is 14.6. The molecule has 0 unspecified atom stereocenters. The van der Waals surface area contributed by atoms with E-state index in [0.29, 0.717) is 5.82 Å². The molecule has 0 fully saturated rings. The number of pyridine rings is 1. The molecule has 0 aliphatic heterocycles. The first-order valence-electron chi connectivity index (χ1n) is 18.7. The van der Waals surface area contributed by atoms with E-state index in [9.17, 15) is 0 Å². The van der Waals surface area contributed by atoms with Gasteiger partial charge in [0.15, 0.2) is 5.82 Å². The quantitative estimate of drug-likeness (QED) is 0.171. The van der Waals surface area contributed by atoms with Crippen molar-refractivity contribution >= 4 is 53.4 Å². The SMILES string of the molecule is c1ccc(-c2cc(-c3ccccc3-c3ccncc3)nc(-c3ccc(-c4ccc(-c5cccc6sc7ccccc7c56)c5c4oc4ccccc45)cc3)n2)cc1. The van der Waals surface area contributed by atoms with E-state index < -0.39 is 0 Å². The number of thiophene rings is 1. The zero-order valence-corrected chi connectivity index (χ0v) is 30.9. The first-order valence-corrected chi connectivity index (χ1v) is 19.5. The number of benzene rings is 7. The molecule has 5 heteroatoms. The molecule has 4 aromatic heterocycles. The average molecular weight is 734 g/mol. The van der Waals surface area contributed by atoms with Crippen LogP contribution in [0.1, 0.15) is 0 Å². The van der Waals surface area contributed by atoms with Crippen molar-refractivity contribution in [3.63, 3.8) is 0 Å². The normalized spacial score (nSPS) is 11.6. The summed E-state index contributed by atoms with van der Waals surface area (Å²) in [7, 11) is 0. The fourth-order valence-electron chi connectivity index (χ4n) is 8.04. The van der Waals surface area contributed by atoms with Gasteiger partial charge in [0.25, 0.3) is 0 Å².